The third-order valence-electron chi connectivity index (χ3n) is 8.31. The fourth-order valence-corrected chi connectivity index (χ4v) is 6.27. The lowest BCUT2D eigenvalue weighted by molar-refractivity contribution is -0.384. The first-order valence-corrected chi connectivity index (χ1v) is 18.4. The van der Waals surface area contributed by atoms with E-state index in [0.29, 0.717) is 18.5 Å². The Kier molecular flexibility index (Phi) is 7.97. The van der Waals surface area contributed by atoms with E-state index in [1.807, 2.05) is 4.57 Å². The van der Waals surface area contributed by atoms with Crippen molar-refractivity contribution < 1.29 is 23.6 Å². The monoisotopic (exact) mass is 537 g/mol. The molecule has 1 fully saturated rings. The van der Waals surface area contributed by atoms with Gasteiger partial charge in [0.15, 0.2) is 22.2 Å². The summed E-state index contributed by atoms with van der Waals surface area (Å²) in [6.07, 6.45) is 1.37. The van der Waals surface area contributed by atoms with Crippen LogP contribution in [-0.4, -0.2) is 55.0 Å². The second-order valence-corrected chi connectivity index (χ2v) is 22.4. The van der Waals surface area contributed by atoms with E-state index >= 15 is 0 Å². The van der Waals surface area contributed by atoms with Crippen molar-refractivity contribution in [3.63, 3.8) is 0 Å². The van der Waals surface area contributed by atoms with Gasteiger partial charge in [-0.2, -0.15) is 0 Å². The van der Waals surface area contributed by atoms with Crippen LogP contribution in [0, 0.1) is 10.1 Å². The highest BCUT2D eigenvalue weighted by molar-refractivity contribution is 6.74. The maximum absolute atomic E-state index is 11.7. The molecule has 0 bridgehead atoms. The van der Waals surface area contributed by atoms with Gasteiger partial charge in [0, 0.05) is 6.42 Å². The highest BCUT2D eigenvalue weighted by Crippen LogP contribution is 2.43. The molecule has 2 aromatic rings. The van der Waals surface area contributed by atoms with Crippen LogP contribution in [0.15, 0.2) is 18.5 Å². The molecule has 3 atom stereocenters. The van der Waals surface area contributed by atoms with Crippen LogP contribution in [-0.2, 0) is 20.2 Å². The molecule has 9 nitrogen and oxygen atoms in total. The number of nitro groups is 1. The number of imidazole rings is 1. The van der Waals surface area contributed by atoms with Gasteiger partial charge in [0.1, 0.15) is 12.3 Å². The highest BCUT2D eigenvalue weighted by Gasteiger charge is 2.47. The van der Waals surface area contributed by atoms with Gasteiger partial charge in [0.25, 0.3) is 0 Å². The molecule has 3 rings (SSSR count). The van der Waals surface area contributed by atoms with Gasteiger partial charge in [-0.3, -0.25) is 10.1 Å². The second-order valence-electron chi connectivity index (χ2n) is 12.9. The number of ether oxygens (including phenoxy) is 1. The predicted molar refractivity (Wildman–Crippen MR) is 146 cm³/mol. The number of aliphatic hydroxyl groups excluding tert-OH is 1. The van der Waals surface area contributed by atoms with Crippen molar-refractivity contribution in [3.05, 3.63) is 34.1 Å². The largest absolute Gasteiger partial charge is 0.414 e. The molecule has 36 heavy (non-hydrogen) atoms. The number of aliphatic hydroxyl groups is 1. The SMILES string of the molecule is CC(C)(C)[Si](C)(C)OC[C@H]1O[C@@H](n2cnc3c([N+](=O)[O-])c(CO)ccc32)C[C@@H]1O[Si](C)(C)C(C)(C)C. The minimum atomic E-state index is -2.09. The van der Waals surface area contributed by atoms with Crippen molar-refractivity contribution in [3.8, 4) is 0 Å². The molecule has 0 saturated carbocycles. The summed E-state index contributed by atoms with van der Waals surface area (Å²) < 4.78 is 21.8. The van der Waals surface area contributed by atoms with Crippen molar-refractivity contribution in [2.75, 3.05) is 6.61 Å². The predicted octanol–water partition coefficient (Wildman–Crippen LogP) is 6.14. The number of rotatable bonds is 8. The zero-order valence-corrected chi connectivity index (χ0v) is 25.4. The first-order chi connectivity index (χ1) is 16.4. The first kappa shape index (κ1) is 28.9. The lowest BCUT2D eigenvalue weighted by Crippen LogP contribution is -2.48. The smallest absolute Gasteiger partial charge is 0.302 e. The Morgan fingerprint density at radius 1 is 1.14 bits per heavy atom. The van der Waals surface area contributed by atoms with Gasteiger partial charge in [-0.1, -0.05) is 41.5 Å². The lowest BCUT2D eigenvalue weighted by atomic mass is 10.1. The Morgan fingerprint density at radius 3 is 2.28 bits per heavy atom. The Labute approximate surface area is 216 Å². The molecule has 1 saturated heterocycles. The van der Waals surface area contributed by atoms with Crippen LogP contribution in [0.4, 0.5) is 5.69 Å². The number of nitrogens with zero attached hydrogens (tertiary/aromatic N) is 3. The molecule has 11 heteroatoms. The van der Waals surface area contributed by atoms with Crippen molar-refractivity contribution in [2.45, 2.75) is 109 Å². The molecule has 1 aliphatic rings. The second kappa shape index (κ2) is 9.92. The fourth-order valence-electron chi connectivity index (χ4n) is 3.90. The van der Waals surface area contributed by atoms with Gasteiger partial charge >= 0.3 is 5.69 Å². The number of fused-ring (bicyclic) bond motifs is 1. The van der Waals surface area contributed by atoms with E-state index in [-0.39, 0.29) is 39.1 Å². The van der Waals surface area contributed by atoms with Crippen LogP contribution in [0.3, 0.4) is 0 Å². The van der Waals surface area contributed by atoms with Crippen molar-refractivity contribution >= 4 is 33.4 Å². The minimum Gasteiger partial charge on any atom is -0.414 e. The number of benzene rings is 1. The van der Waals surface area contributed by atoms with Gasteiger partial charge in [-0.05, 0) is 48.4 Å². The Bertz CT molecular complexity index is 1100. The van der Waals surface area contributed by atoms with E-state index < -0.39 is 34.4 Å². The number of hydrogen-bond acceptors (Lipinski definition) is 7. The third kappa shape index (κ3) is 5.61. The first-order valence-electron chi connectivity index (χ1n) is 12.6. The summed E-state index contributed by atoms with van der Waals surface area (Å²) in [5, 5.41) is 21.4. The normalized spacial score (nSPS) is 21.9. The van der Waals surface area contributed by atoms with Crippen molar-refractivity contribution in [1.82, 2.24) is 9.55 Å². The average Bonchev–Trinajstić information content (AvgIpc) is 3.33. The van der Waals surface area contributed by atoms with E-state index in [4.69, 9.17) is 13.6 Å². The summed E-state index contributed by atoms with van der Waals surface area (Å²) in [5.74, 6) is 0. The quantitative estimate of drug-likeness (QED) is 0.245. The Balaban J connectivity index is 1.95. The fraction of sp³-hybridized carbons (Fsp3) is 0.720. The van der Waals surface area contributed by atoms with E-state index in [1.165, 1.54) is 0 Å². The summed E-state index contributed by atoms with van der Waals surface area (Å²) in [4.78, 5) is 15.6. The van der Waals surface area contributed by atoms with Crippen LogP contribution >= 0.6 is 0 Å². The van der Waals surface area contributed by atoms with Crippen molar-refractivity contribution in [2.24, 2.45) is 0 Å². The molecule has 0 radical (unpaired) electrons. The molecule has 1 aromatic carbocycles. The summed E-state index contributed by atoms with van der Waals surface area (Å²) >= 11 is 0. The molecule has 1 aromatic heterocycles. The average molecular weight is 538 g/mol. The van der Waals surface area contributed by atoms with Gasteiger partial charge in [-0.25, -0.2) is 4.98 Å². The molecule has 1 aliphatic heterocycles. The summed E-state index contributed by atoms with van der Waals surface area (Å²) in [6.45, 7) is 22.2. The summed E-state index contributed by atoms with van der Waals surface area (Å²) in [6, 6.07) is 3.34. The Hall–Kier alpha value is -1.64. The number of hydrogen-bond donors (Lipinski definition) is 1. The van der Waals surface area contributed by atoms with Gasteiger partial charge < -0.3 is 23.3 Å². The van der Waals surface area contributed by atoms with E-state index in [2.05, 4.69) is 72.7 Å². The summed E-state index contributed by atoms with van der Waals surface area (Å²) in [5.41, 5.74) is 0.919. The highest BCUT2D eigenvalue weighted by atomic mass is 28.4. The van der Waals surface area contributed by atoms with Crippen LogP contribution in [0.2, 0.25) is 36.3 Å². The van der Waals surface area contributed by atoms with E-state index in [9.17, 15) is 15.2 Å². The molecular formula is C25H43N3O6Si2. The summed E-state index contributed by atoms with van der Waals surface area (Å²) in [7, 11) is -4.10. The molecule has 0 aliphatic carbocycles. The molecule has 0 unspecified atom stereocenters. The molecule has 1 N–H and O–H groups in total. The maximum atomic E-state index is 11.7. The molecular weight excluding hydrogens is 494 g/mol. The standard InChI is InChI=1S/C25H43N3O6Si2/c1-24(2,3)35(7,8)32-15-20-19(34-36(9,10)25(4,5)6)13-21(33-20)27-16-26-22-18(27)12-11-17(14-29)23(22)28(30)31/h11-12,16,19-21,29H,13-15H2,1-10H3/t19-,20+,21+/m0/s1. The van der Waals surface area contributed by atoms with E-state index in [1.54, 1.807) is 18.5 Å². The zero-order valence-electron chi connectivity index (χ0n) is 23.4. The van der Waals surface area contributed by atoms with Crippen LogP contribution in [0.1, 0.15) is 59.8 Å². The number of nitro benzene ring substituents is 1. The van der Waals surface area contributed by atoms with Crippen LogP contribution in [0.5, 0.6) is 0 Å². The minimum absolute atomic E-state index is 0.0406. The van der Waals surface area contributed by atoms with Crippen molar-refractivity contribution in [1.29, 1.82) is 0 Å². The Morgan fingerprint density at radius 2 is 1.75 bits per heavy atom. The van der Waals surface area contributed by atoms with Gasteiger partial charge in [-0.15, -0.1) is 0 Å². The molecule has 2 heterocycles. The van der Waals surface area contributed by atoms with Gasteiger partial charge in [0.05, 0.1) is 41.6 Å². The van der Waals surface area contributed by atoms with Crippen LogP contribution in [0.25, 0.3) is 11.0 Å². The number of aromatic nitrogens is 2. The van der Waals surface area contributed by atoms with E-state index in [0.717, 1.165) is 0 Å². The zero-order chi connectivity index (χ0) is 27.3. The lowest BCUT2D eigenvalue weighted by Gasteiger charge is -2.40. The molecule has 0 spiro atoms. The third-order valence-corrected chi connectivity index (χ3v) is 17.3. The maximum Gasteiger partial charge on any atom is 0.302 e. The van der Waals surface area contributed by atoms with Crippen LogP contribution < -0.4 is 0 Å². The topological polar surface area (TPSA) is 109 Å². The molecule has 202 valence electrons. The molecule has 0 amide bonds. The van der Waals surface area contributed by atoms with Gasteiger partial charge in [0.2, 0.25) is 0 Å².